The van der Waals surface area contributed by atoms with Gasteiger partial charge in [0.05, 0.1) is 0 Å². The minimum atomic E-state index is -1.66. The molecule has 0 aromatic rings. The molecule has 0 aromatic heterocycles. The van der Waals surface area contributed by atoms with Crippen LogP contribution in [0.1, 0.15) is 12.8 Å². The average molecular weight is 449 g/mol. The highest BCUT2D eigenvalue weighted by molar-refractivity contribution is 6.09. The summed E-state index contributed by atoms with van der Waals surface area (Å²) in [7, 11) is 8.88. The van der Waals surface area contributed by atoms with Crippen molar-refractivity contribution < 1.29 is 38.0 Å². The minimum Gasteiger partial charge on any atom is -0.369 e. The molecule has 8 aliphatic carbocycles. The zero-order valence-corrected chi connectivity index (χ0v) is 19.6. The maximum atomic E-state index is 14.3. The molecule has 0 aliphatic heterocycles. The van der Waals surface area contributed by atoms with Gasteiger partial charge in [0.2, 0.25) is 23.1 Å². The minimum absolute atomic E-state index is 0.249. The Hall–Kier alpha value is -1.42. The number of ketones is 2. The maximum Gasteiger partial charge on any atom is 0.235 e. The largest absolute Gasteiger partial charge is 0.369 e. The number of Topliss-reactive ketones (excluding diaryl/α,β-unsaturated/α-hetero) is 2. The molecule has 176 valence electrons. The second kappa shape index (κ2) is 6.17. The van der Waals surface area contributed by atoms with Gasteiger partial charge in [-0.15, -0.1) is 13.2 Å². The Labute approximate surface area is 188 Å². The Bertz CT molecular complexity index is 847. The lowest BCUT2D eigenvalue weighted by Crippen LogP contribution is -3.11. The first-order valence-corrected chi connectivity index (χ1v) is 10.9. The number of allylic oxidation sites excluding steroid dienone is 2. The van der Waals surface area contributed by atoms with E-state index in [1.54, 1.807) is 26.4 Å². The highest BCUT2D eigenvalue weighted by Gasteiger charge is 3.10. The lowest BCUT2D eigenvalue weighted by Gasteiger charge is -2.98. The van der Waals surface area contributed by atoms with Crippen molar-refractivity contribution in [2.24, 2.45) is 34.5 Å². The van der Waals surface area contributed by atoms with E-state index in [0.29, 0.717) is 12.8 Å². The molecule has 8 aliphatic rings. The molecule has 0 spiro atoms. The Morgan fingerprint density at radius 3 is 1.16 bits per heavy atom. The molecule has 8 rings (SSSR count). The predicted octanol–water partition coefficient (Wildman–Crippen LogP) is 1.53. The van der Waals surface area contributed by atoms with Gasteiger partial charge in [-0.3, -0.25) is 9.59 Å². The van der Waals surface area contributed by atoms with Crippen molar-refractivity contribution in [2.45, 2.75) is 35.6 Å². The summed E-state index contributed by atoms with van der Waals surface area (Å²) in [5.74, 6) is -5.54. The smallest absolute Gasteiger partial charge is 0.235 e. The van der Waals surface area contributed by atoms with E-state index in [-0.39, 0.29) is 23.4 Å². The van der Waals surface area contributed by atoms with Gasteiger partial charge in [-0.25, -0.2) is 0 Å². The number of hydrogen-bond acceptors (Lipinski definition) is 8. The van der Waals surface area contributed by atoms with E-state index in [9.17, 15) is 9.59 Å². The third kappa shape index (κ3) is 1.45. The first-order valence-electron chi connectivity index (χ1n) is 10.9. The van der Waals surface area contributed by atoms with E-state index in [1.807, 2.05) is 0 Å². The van der Waals surface area contributed by atoms with Gasteiger partial charge in [0, 0.05) is 77.2 Å². The second-order valence-electron chi connectivity index (χ2n) is 9.67. The van der Waals surface area contributed by atoms with Crippen LogP contribution in [0.4, 0.5) is 0 Å². The van der Waals surface area contributed by atoms with Crippen molar-refractivity contribution >= 4 is 11.6 Å². The fourth-order valence-corrected chi connectivity index (χ4v) is 9.86. The van der Waals surface area contributed by atoms with Crippen LogP contribution in [0.25, 0.3) is 0 Å². The fraction of sp³-hybridized carbons (Fsp3) is 0.750. The number of carbonyl (C=O) groups excluding carboxylic acids is 2. The molecule has 0 amide bonds. The summed E-state index contributed by atoms with van der Waals surface area (Å²) < 4.78 is 36.2. The van der Waals surface area contributed by atoms with Gasteiger partial charge in [-0.05, 0) is 12.8 Å². The zero-order valence-electron chi connectivity index (χ0n) is 19.6. The van der Waals surface area contributed by atoms with Crippen LogP contribution in [0, 0.1) is 34.5 Å². The van der Waals surface area contributed by atoms with Crippen LogP contribution in [-0.4, -0.2) is 77.0 Å². The standard InChI is InChI=1S/C24H32O8/c1-9-11-19-13-14-20(12-10-2)16(24(31-7,32-8)17(25)21(14,19)27-3)15(19)23(29-5,30-6)18(26)22(13,20)28-4/h9-10,13-16H,1-2,11-12H2,3-8H3/t13-,14+,15+,16-,19-,20-,21-,22-/m0/s1. The zero-order chi connectivity index (χ0) is 23.5. The quantitative estimate of drug-likeness (QED) is 0.367. The van der Waals surface area contributed by atoms with E-state index < -0.39 is 45.4 Å². The molecule has 0 aromatic carbocycles. The molecule has 0 heterocycles. The summed E-state index contributed by atoms with van der Waals surface area (Å²) in [6, 6.07) is 0. The monoisotopic (exact) mass is 448 g/mol. The number of carbonyl (C=O) groups is 2. The third-order valence-electron chi connectivity index (χ3n) is 10.1. The van der Waals surface area contributed by atoms with Crippen molar-refractivity contribution in [3.63, 3.8) is 0 Å². The van der Waals surface area contributed by atoms with Gasteiger partial charge in [0.15, 0.2) is 0 Å². The van der Waals surface area contributed by atoms with Crippen LogP contribution in [0.15, 0.2) is 25.3 Å². The number of methoxy groups -OCH3 is 6. The lowest BCUT2D eigenvalue weighted by molar-refractivity contribution is -0.564. The topological polar surface area (TPSA) is 89.5 Å². The normalized spacial score (nSPS) is 50.1. The van der Waals surface area contributed by atoms with Gasteiger partial charge in [-0.2, -0.15) is 0 Å². The average Bonchev–Trinajstić information content (AvgIpc) is 2.79. The van der Waals surface area contributed by atoms with Crippen LogP contribution in [0.3, 0.4) is 0 Å². The van der Waals surface area contributed by atoms with Gasteiger partial charge >= 0.3 is 0 Å². The van der Waals surface area contributed by atoms with Crippen molar-refractivity contribution in [2.75, 3.05) is 42.7 Å². The highest BCUT2D eigenvalue weighted by atomic mass is 16.7. The van der Waals surface area contributed by atoms with Crippen LogP contribution in [-0.2, 0) is 38.0 Å². The van der Waals surface area contributed by atoms with E-state index in [0.717, 1.165) is 0 Å². The first kappa shape index (κ1) is 22.4. The molecule has 8 nitrogen and oxygen atoms in total. The SMILES string of the molecule is C=CC[C@]12[C@H]3[C@@H]4C(OC)(OC)C(=O)[C@@]1(OC)[C@@H]1[C@@H]2[C@](OC)(C(=O)C3(OC)OC)[C@]41CC=C. The third-order valence-corrected chi connectivity index (χ3v) is 10.1. The van der Waals surface area contributed by atoms with Crippen LogP contribution in [0.2, 0.25) is 0 Å². The number of ether oxygens (including phenoxy) is 6. The summed E-state index contributed by atoms with van der Waals surface area (Å²) in [6.45, 7) is 7.96. The summed E-state index contributed by atoms with van der Waals surface area (Å²) in [4.78, 5) is 28.5. The Morgan fingerprint density at radius 2 is 0.938 bits per heavy atom. The van der Waals surface area contributed by atoms with E-state index in [4.69, 9.17) is 28.4 Å². The van der Waals surface area contributed by atoms with Gasteiger partial charge in [0.25, 0.3) is 0 Å². The molecular weight excluding hydrogens is 416 g/mol. The van der Waals surface area contributed by atoms with Gasteiger partial charge in [-0.1, -0.05) is 12.2 Å². The molecular formula is C24H32O8. The number of hydrogen-bond donors (Lipinski definition) is 0. The van der Waals surface area contributed by atoms with E-state index in [2.05, 4.69) is 13.2 Å². The fourth-order valence-electron chi connectivity index (χ4n) is 9.86. The Balaban J connectivity index is 1.96. The number of fused-ring (bicyclic) bond motifs is 2. The predicted molar refractivity (Wildman–Crippen MR) is 111 cm³/mol. The summed E-state index contributed by atoms with van der Waals surface area (Å²) in [5, 5.41) is 0. The van der Waals surface area contributed by atoms with Crippen molar-refractivity contribution in [1.82, 2.24) is 0 Å². The number of rotatable bonds is 10. The van der Waals surface area contributed by atoms with Gasteiger partial charge in [0.1, 0.15) is 11.2 Å². The second-order valence-corrected chi connectivity index (χ2v) is 9.67. The molecule has 8 saturated carbocycles. The lowest BCUT2D eigenvalue weighted by atomic mass is 9.06. The molecule has 8 atom stereocenters. The Morgan fingerprint density at radius 1 is 0.625 bits per heavy atom. The van der Waals surface area contributed by atoms with Crippen molar-refractivity contribution in [1.29, 1.82) is 0 Å². The summed E-state index contributed by atoms with van der Waals surface area (Å²) >= 11 is 0. The van der Waals surface area contributed by atoms with Gasteiger partial charge < -0.3 is 28.4 Å². The van der Waals surface area contributed by atoms with E-state index in [1.165, 1.54) is 28.4 Å². The highest BCUT2D eigenvalue weighted by Crippen LogP contribution is 2.98. The van der Waals surface area contributed by atoms with Crippen LogP contribution < -0.4 is 0 Å². The van der Waals surface area contributed by atoms with Crippen molar-refractivity contribution in [3.05, 3.63) is 25.3 Å². The molecule has 8 heteroatoms. The summed E-state index contributed by atoms with van der Waals surface area (Å²) in [6.07, 6.45) is 4.41. The molecule has 8 bridgehead atoms. The molecule has 32 heavy (non-hydrogen) atoms. The first-order chi connectivity index (χ1) is 15.3. The maximum absolute atomic E-state index is 14.3. The Kier molecular flexibility index (Phi) is 4.31. The molecule has 0 N–H and O–H groups in total. The van der Waals surface area contributed by atoms with E-state index >= 15 is 0 Å². The molecule has 8 fully saturated rings. The molecule has 0 unspecified atom stereocenters. The van der Waals surface area contributed by atoms with Crippen LogP contribution >= 0.6 is 0 Å². The molecule has 0 radical (unpaired) electrons. The van der Waals surface area contributed by atoms with Crippen LogP contribution in [0.5, 0.6) is 0 Å². The van der Waals surface area contributed by atoms with Crippen molar-refractivity contribution in [3.8, 4) is 0 Å². The summed E-state index contributed by atoms with van der Waals surface area (Å²) in [5.41, 5.74) is -4.19. The molecule has 0 saturated heterocycles.